The van der Waals surface area contributed by atoms with E-state index < -0.39 is 0 Å². The number of carbonyl (C=O) groups is 1. The van der Waals surface area contributed by atoms with Crippen LogP contribution in [-0.2, 0) is 17.6 Å². The van der Waals surface area contributed by atoms with Crippen molar-refractivity contribution >= 4 is 21.7 Å². The molecule has 0 saturated heterocycles. The van der Waals surface area contributed by atoms with Crippen LogP contribution in [0.1, 0.15) is 23.1 Å². The number of ketones is 1. The van der Waals surface area contributed by atoms with Gasteiger partial charge in [-0.25, -0.2) is 0 Å². The highest BCUT2D eigenvalue weighted by molar-refractivity contribution is 9.10. The van der Waals surface area contributed by atoms with E-state index >= 15 is 0 Å². The standard InChI is InChI=1S/C17H17BrO/c1-13-3-2-4-14(11-13)7-10-17(19)12-15-5-8-16(18)9-6-15/h2-6,8-9,11H,7,10,12H2,1H3. The average Bonchev–Trinajstić information content (AvgIpc) is 2.39. The number of hydrogen-bond donors (Lipinski definition) is 0. The molecule has 0 aromatic heterocycles. The third kappa shape index (κ3) is 4.64. The molecule has 98 valence electrons. The molecule has 0 saturated carbocycles. The Balaban J connectivity index is 1.86. The summed E-state index contributed by atoms with van der Waals surface area (Å²) in [6.07, 6.45) is 1.97. The Morgan fingerprint density at radius 1 is 1.05 bits per heavy atom. The zero-order valence-electron chi connectivity index (χ0n) is 11.0. The number of halogens is 1. The van der Waals surface area contributed by atoms with Gasteiger partial charge in [0.1, 0.15) is 5.78 Å². The summed E-state index contributed by atoms with van der Waals surface area (Å²) in [7, 11) is 0. The summed E-state index contributed by atoms with van der Waals surface area (Å²) in [6.45, 7) is 2.08. The van der Waals surface area contributed by atoms with Gasteiger partial charge in [0.15, 0.2) is 0 Å². The van der Waals surface area contributed by atoms with Crippen LogP contribution in [0.3, 0.4) is 0 Å². The number of carbonyl (C=O) groups excluding carboxylic acids is 1. The maximum Gasteiger partial charge on any atom is 0.137 e. The Kier molecular flexibility index (Phi) is 4.92. The maximum absolute atomic E-state index is 11.9. The molecule has 0 aliphatic heterocycles. The Labute approximate surface area is 122 Å². The van der Waals surface area contributed by atoms with E-state index in [1.54, 1.807) is 0 Å². The highest BCUT2D eigenvalue weighted by Crippen LogP contribution is 2.12. The van der Waals surface area contributed by atoms with E-state index in [1.165, 1.54) is 11.1 Å². The maximum atomic E-state index is 11.9. The molecule has 0 unspecified atom stereocenters. The van der Waals surface area contributed by atoms with Crippen LogP contribution in [0, 0.1) is 6.92 Å². The van der Waals surface area contributed by atoms with Crippen LogP contribution in [0.5, 0.6) is 0 Å². The van der Waals surface area contributed by atoms with Crippen LogP contribution >= 0.6 is 15.9 Å². The van der Waals surface area contributed by atoms with E-state index in [1.807, 2.05) is 30.3 Å². The van der Waals surface area contributed by atoms with Crippen molar-refractivity contribution in [1.29, 1.82) is 0 Å². The second kappa shape index (κ2) is 6.67. The molecule has 2 aromatic rings. The highest BCUT2D eigenvalue weighted by atomic mass is 79.9. The summed E-state index contributed by atoms with van der Waals surface area (Å²) in [5, 5.41) is 0. The monoisotopic (exact) mass is 316 g/mol. The van der Waals surface area contributed by atoms with E-state index in [2.05, 4.69) is 41.1 Å². The first-order valence-electron chi connectivity index (χ1n) is 6.45. The molecule has 1 nitrogen and oxygen atoms in total. The Bertz CT molecular complexity index is 558. The van der Waals surface area contributed by atoms with Gasteiger partial charge in [-0.2, -0.15) is 0 Å². The molecule has 0 fully saturated rings. The Morgan fingerprint density at radius 2 is 1.79 bits per heavy atom. The molecule has 2 aromatic carbocycles. The van der Waals surface area contributed by atoms with E-state index in [0.29, 0.717) is 18.6 Å². The van der Waals surface area contributed by atoms with Crippen molar-refractivity contribution in [3.05, 3.63) is 69.7 Å². The lowest BCUT2D eigenvalue weighted by Crippen LogP contribution is -2.04. The van der Waals surface area contributed by atoms with Gasteiger partial charge in [-0.15, -0.1) is 0 Å². The molecule has 0 bridgehead atoms. The first-order valence-corrected chi connectivity index (χ1v) is 7.24. The fourth-order valence-electron chi connectivity index (χ4n) is 2.07. The molecule has 0 atom stereocenters. The largest absolute Gasteiger partial charge is 0.299 e. The first kappa shape index (κ1) is 14.0. The van der Waals surface area contributed by atoms with Gasteiger partial charge < -0.3 is 0 Å². The number of aryl methyl sites for hydroxylation is 2. The second-order valence-electron chi connectivity index (χ2n) is 4.83. The fourth-order valence-corrected chi connectivity index (χ4v) is 2.33. The summed E-state index contributed by atoms with van der Waals surface area (Å²) in [4.78, 5) is 11.9. The third-order valence-electron chi connectivity index (χ3n) is 3.09. The predicted molar refractivity (Wildman–Crippen MR) is 82.4 cm³/mol. The molecule has 0 spiro atoms. The molecule has 0 aliphatic rings. The minimum absolute atomic E-state index is 0.295. The van der Waals surface area contributed by atoms with Crippen LogP contribution < -0.4 is 0 Å². The van der Waals surface area contributed by atoms with Gasteiger partial charge in [-0.1, -0.05) is 57.9 Å². The summed E-state index contributed by atoms with van der Waals surface area (Å²) in [6, 6.07) is 16.3. The smallest absolute Gasteiger partial charge is 0.137 e. The molecule has 0 amide bonds. The lowest BCUT2D eigenvalue weighted by molar-refractivity contribution is -0.118. The van der Waals surface area contributed by atoms with Crippen molar-refractivity contribution in [2.45, 2.75) is 26.2 Å². The summed E-state index contributed by atoms with van der Waals surface area (Å²) in [5.74, 6) is 0.295. The molecule has 0 aliphatic carbocycles. The average molecular weight is 317 g/mol. The fraction of sp³-hybridized carbons (Fsp3) is 0.235. The van der Waals surface area contributed by atoms with Gasteiger partial charge in [0.05, 0.1) is 0 Å². The van der Waals surface area contributed by atoms with E-state index in [9.17, 15) is 4.79 Å². The highest BCUT2D eigenvalue weighted by Gasteiger charge is 2.04. The summed E-state index contributed by atoms with van der Waals surface area (Å²) in [5.41, 5.74) is 3.57. The van der Waals surface area contributed by atoms with Gasteiger partial charge in [-0.05, 0) is 36.6 Å². The first-order chi connectivity index (χ1) is 9.13. The van der Waals surface area contributed by atoms with Crippen LogP contribution in [-0.4, -0.2) is 5.78 Å². The number of rotatable bonds is 5. The minimum atomic E-state index is 0.295. The normalized spacial score (nSPS) is 10.4. The molecular formula is C17H17BrO. The summed E-state index contributed by atoms with van der Waals surface area (Å²) >= 11 is 3.39. The molecule has 0 heterocycles. The Hall–Kier alpha value is -1.41. The van der Waals surface area contributed by atoms with E-state index in [0.717, 1.165) is 16.5 Å². The van der Waals surface area contributed by atoms with Crippen molar-refractivity contribution in [2.24, 2.45) is 0 Å². The third-order valence-corrected chi connectivity index (χ3v) is 3.62. The van der Waals surface area contributed by atoms with Crippen molar-refractivity contribution in [3.8, 4) is 0 Å². The van der Waals surface area contributed by atoms with Crippen LogP contribution in [0.25, 0.3) is 0 Å². The minimum Gasteiger partial charge on any atom is -0.299 e. The molecule has 0 N–H and O–H groups in total. The van der Waals surface area contributed by atoms with Crippen LogP contribution in [0.4, 0.5) is 0 Å². The number of Topliss-reactive ketones (excluding diaryl/α,β-unsaturated/α-hetero) is 1. The predicted octanol–water partition coefficient (Wildman–Crippen LogP) is 4.50. The second-order valence-corrected chi connectivity index (χ2v) is 5.75. The van der Waals surface area contributed by atoms with Gasteiger partial charge in [0.25, 0.3) is 0 Å². The van der Waals surface area contributed by atoms with Crippen LogP contribution in [0.2, 0.25) is 0 Å². The molecule has 19 heavy (non-hydrogen) atoms. The Morgan fingerprint density at radius 3 is 2.47 bits per heavy atom. The summed E-state index contributed by atoms with van der Waals surface area (Å²) < 4.78 is 1.04. The lowest BCUT2D eigenvalue weighted by Gasteiger charge is -2.03. The number of hydrogen-bond acceptors (Lipinski definition) is 1. The molecule has 2 heteroatoms. The zero-order chi connectivity index (χ0) is 13.7. The SMILES string of the molecule is Cc1cccc(CCC(=O)Cc2ccc(Br)cc2)c1. The van der Waals surface area contributed by atoms with Crippen molar-refractivity contribution in [1.82, 2.24) is 0 Å². The van der Waals surface area contributed by atoms with Gasteiger partial charge in [0.2, 0.25) is 0 Å². The van der Waals surface area contributed by atoms with Crippen molar-refractivity contribution < 1.29 is 4.79 Å². The van der Waals surface area contributed by atoms with Gasteiger partial charge in [-0.3, -0.25) is 4.79 Å². The number of benzene rings is 2. The molecule has 2 rings (SSSR count). The zero-order valence-corrected chi connectivity index (χ0v) is 12.6. The van der Waals surface area contributed by atoms with E-state index in [4.69, 9.17) is 0 Å². The van der Waals surface area contributed by atoms with Gasteiger partial charge >= 0.3 is 0 Å². The van der Waals surface area contributed by atoms with Crippen molar-refractivity contribution in [3.63, 3.8) is 0 Å². The lowest BCUT2D eigenvalue weighted by atomic mass is 10.0. The van der Waals surface area contributed by atoms with Crippen LogP contribution in [0.15, 0.2) is 53.0 Å². The van der Waals surface area contributed by atoms with Crippen molar-refractivity contribution in [2.75, 3.05) is 0 Å². The van der Waals surface area contributed by atoms with E-state index in [-0.39, 0.29) is 0 Å². The molecule has 0 radical (unpaired) electrons. The quantitative estimate of drug-likeness (QED) is 0.793. The van der Waals surface area contributed by atoms with Gasteiger partial charge in [0, 0.05) is 17.3 Å². The molecular weight excluding hydrogens is 300 g/mol. The topological polar surface area (TPSA) is 17.1 Å².